The molecule has 0 aromatic heterocycles. The van der Waals surface area contributed by atoms with E-state index in [4.69, 9.17) is 18.5 Å². The predicted octanol–water partition coefficient (Wildman–Crippen LogP) is 18.4. The van der Waals surface area contributed by atoms with Gasteiger partial charge >= 0.3 is 11.9 Å². The molecule has 0 amide bonds. The Labute approximate surface area is 440 Å². The molecule has 0 bridgehead atoms. The van der Waals surface area contributed by atoms with Crippen LogP contribution >= 0.6 is 7.82 Å². The fourth-order valence-electron chi connectivity index (χ4n) is 8.98. The average Bonchev–Trinajstić information content (AvgIpc) is 3.33. The number of carbonyl (C=O) groups excluding carboxylic acids is 2. The highest BCUT2D eigenvalue weighted by molar-refractivity contribution is 7.45. The first-order chi connectivity index (χ1) is 34.5. The fourth-order valence-corrected chi connectivity index (χ4v) is 9.71. The van der Waals surface area contributed by atoms with Crippen molar-refractivity contribution in [1.82, 2.24) is 0 Å². The number of allylic oxidation sites excluding steroid dienone is 4. The van der Waals surface area contributed by atoms with Crippen molar-refractivity contribution >= 4 is 19.8 Å². The number of phosphoric acid groups is 1. The number of quaternary nitrogens is 1. The van der Waals surface area contributed by atoms with Crippen molar-refractivity contribution in [2.24, 2.45) is 0 Å². The summed E-state index contributed by atoms with van der Waals surface area (Å²) in [6.45, 7) is 4.29. The lowest BCUT2D eigenvalue weighted by Gasteiger charge is -2.28. The molecule has 2 unspecified atom stereocenters. The van der Waals surface area contributed by atoms with Crippen LogP contribution in [0.5, 0.6) is 0 Å². The van der Waals surface area contributed by atoms with Crippen LogP contribution in [-0.4, -0.2) is 70.0 Å². The molecule has 0 aromatic rings. The van der Waals surface area contributed by atoms with Gasteiger partial charge in [-0.05, 0) is 44.9 Å². The molecular formula is C61H118NO8P. The maximum absolute atomic E-state index is 12.8. The molecule has 71 heavy (non-hydrogen) atoms. The van der Waals surface area contributed by atoms with E-state index >= 15 is 0 Å². The number of unbranched alkanes of at least 4 members (excludes halogenated alkanes) is 39. The van der Waals surface area contributed by atoms with Crippen molar-refractivity contribution < 1.29 is 42.1 Å². The van der Waals surface area contributed by atoms with Crippen molar-refractivity contribution in [2.45, 2.75) is 309 Å². The summed E-state index contributed by atoms with van der Waals surface area (Å²) >= 11 is 0. The molecule has 10 heteroatoms. The Morgan fingerprint density at radius 1 is 0.437 bits per heavy atom. The Kier molecular flexibility index (Phi) is 52.2. The van der Waals surface area contributed by atoms with Gasteiger partial charge in [0.05, 0.1) is 27.7 Å². The van der Waals surface area contributed by atoms with E-state index in [9.17, 15) is 19.0 Å². The third kappa shape index (κ3) is 57.6. The molecule has 2 atom stereocenters. The highest BCUT2D eigenvalue weighted by Gasteiger charge is 2.22. The van der Waals surface area contributed by atoms with Gasteiger partial charge in [-0.3, -0.25) is 14.2 Å². The van der Waals surface area contributed by atoms with Crippen molar-refractivity contribution in [1.29, 1.82) is 0 Å². The fraction of sp³-hybridized carbons (Fsp3) is 0.902. The molecule has 0 spiro atoms. The molecule has 9 nitrogen and oxygen atoms in total. The normalized spacial score (nSPS) is 13.4. The molecule has 0 aliphatic rings. The van der Waals surface area contributed by atoms with Gasteiger partial charge in [0, 0.05) is 12.8 Å². The highest BCUT2D eigenvalue weighted by atomic mass is 31.2. The van der Waals surface area contributed by atoms with Crippen LogP contribution in [0.3, 0.4) is 0 Å². The summed E-state index contributed by atoms with van der Waals surface area (Å²) in [7, 11) is 1.18. The van der Waals surface area contributed by atoms with Crippen LogP contribution in [0.2, 0.25) is 0 Å². The first-order valence-corrected chi connectivity index (χ1v) is 32.0. The number of rotatable bonds is 57. The summed E-state index contributed by atoms with van der Waals surface area (Å²) in [5, 5.41) is 0. The Morgan fingerprint density at radius 2 is 0.761 bits per heavy atom. The minimum Gasteiger partial charge on any atom is -0.756 e. The highest BCUT2D eigenvalue weighted by Crippen LogP contribution is 2.38. The Bertz CT molecular complexity index is 1250. The van der Waals surface area contributed by atoms with E-state index in [2.05, 4.69) is 38.2 Å². The molecule has 0 aliphatic heterocycles. The molecule has 0 aliphatic carbocycles. The number of ether oxygens (including phenoxy) is 2. The lowest BCUT2D eigenvalue weighted by atomic mass is 10.0. The van der Waals surface area contributed by atoms with Crippen LogP contribution in [0, 0.1) is 0 Å². The van der Waals surface area contributed by atoms with Gasteiger partial charge in [-0.2, -0.15) is 0 Å². The van der Waals surface area contributed by atoms with E-state index in [-0.39, 0.29) is 32.0 Å². The lowest BCUT2D eigenvalue weighted by molar-refractivity contribution is -0.870. The maximum Gasteiger partial charge on any atom is 0.306 e. The second-order valence-corrected chi connectivity index (χ2v) is 23.5. The van der Waals surface area contributed by atoms with Gasteiger partial charge < -0.3 is 27.9 Å². The summed E-state index contributed by atoms with van der Waals surface area (Å²) in [5.41, 5.74) is 0. The minimum absolute atomic E-state index is 0.0279. The molecule has 0 fully saturated rings. The zero-order valence-electron chi connectivity index (χ0n) is 47.7. The van der Waals surface area contributed by atoms with Gasteiger partial charge in [0.1, 0.15) is 19.8 Å². The summed E-state index contributed by atoms with van der Waals surface area (Å²) in [6.07, 6.45) is 63.7. The molecule has 0 saturated heterocycles. The first-order valence-electron chi connectivity index (χ1n) is 30.5. The quantitative estimate of drug-likeness (QED) is 0.0195. The SMILES string of the molecule is CCCCCCC/C=C\C/C=C\CCCCCCCCCCCCCCCC(=O)OC(COC(=O)CCCCCCCCCCCCCCCCCCCCCCCC)COP(=O)([O-])OCC[N+](C)(C)C. The zero-order valence-corrected chi connectivity index (χ0v) is 48.6. The Morgan fingerprint density at radius 3 is 1.11 bits per heavy atom. The molecule has 0 radical (unpaired) electrons. The van der Waals surface area contributed by atoms with Crippen LogP contribution in [0.4, 0.5) is 0 Å². The van der Waals surface area contributed by atoms with E-state index < -0.39 is 26.5 Å². The van der Waals surface area contributed by atoms with Crippen molar-refractivity contribution in [2.75, 3.05) is 47.5 Å². The Balaban J connectivity index is 4.10. The van der Waals surface area contributed by atoms with Gasteiger partial charge in [0.2, 0.25) is 0 Å². The average molecular weight is 1020 g/mol. The number of phosphoric ester groups is 1. The van der Waals surface area contributed by atoms with Crippen molar-refractivity contribution in [3.63, 3.8) is 0 Å². The molecule has 0 heterocycles. The monoisotopic (exact) mass is 1020 g/mol. The van der Waals surface area contributed by atoms with Gasteiger partial charge in [-0.25, -0.2) is 0 Å². The summed E-state index contributed by atoms with van der Waals surface area (Å²) in [5.74, 6) is -0.816. The number of carbonyl (C=O) groups is 2. The van der Waals surface area contributed by atoms with Crippen LogP contribution in [0.15, 0.2) is 24.3 Å². The second-order valence-electron chi connectivity index (χ2n) is 22.1. The number of hydrogen-bond acceptors (Lipinski definition) is 8. The topological polar surface area (TPSA) is 111 Å². The van der Waals surface area contributed by atoms with Crippen LogP contribution in [0.1, 0.15) is 303 Å². The molecule has 0 N–H and O–H groups in total. The van der Waals surface area contributed by atoms with Gasteiger partial charge in [0.15, 0.2) is 6.10 Å². The van der Waals surface area contributed by atoms with E-state index in [0.29, 0.717) is 17.4 Å². The number of esters is 2. The van der Waals surface area contributed by atoms with Crippen LogP contribution < -0.4 is 4.89 Å². The summed E-state index contributed by atoms with van der Waals surface area (Å²) in [4.78, 5) is 37.9. The van der Waals surface area contributed by atoms with Crippen LogP contribution in [0.25, 0.3) is 0 Å². The van der Waals surface area contributed by atoms with Crippen molar-refractivity contribution in [3.8, 4) is 0 Å². The van der Waals surface area contributed by atoms with E-state index in [1.54, 1.807) is 0 Å². The molecule has 0 aromatic carbocycles. The predicted molar refractivity (Wildman–Crippen MR) is 301 cm³/mol. The third-order valence-electron chi connectivity index (χ3n) is 13.7. The second kappa shape index (κ2) is 53.3. The minimum atomic E-state index is -4.63. The zero-order chi connectivity index (χ0) is 52.0. The number of hydrogen-bond donors (Lipinski definition) is 0. The van der Waals surface area contributed by atoms with E-state index in [1.165, 1.54) is 225 Å². The van der Waals surface area contributed by atoms with Crippen LogP contribution in [-0.2, 0) is 32.7 Å². The van der Waals surface area contributed by atoms with E-state index in [1.807, 2.05) is 21.1 Å². The number of likely N-dealkylation sites (N-methyl/N-ethyl adjacent to an activating group) is 1. The molecule has 0 saturated carbocycles. The standard InChI is InChI=1S/C61H118NO8P/c1-6-8-10-12-14-16-18-20-22-24-26-28-30-31-32-34-36-38-40-42-44-46-48-50-52-54-61(64)70-59(58-69-71(65,66)68-56-55-62(3,4)5)57-67-60(63)53-51-49-47-45-43-41-39-37-35-33-29-27-25-23-21-19-17-15-13-11-9-7-2/h18,20,24,26,59H,6-17,19,21-23,25,27-58H2,1-5H3/b20-18-,26-24-. The molecular weight excluding hydrogens is 906 g/mol. The smallest absolute Gasteiger partial charge is 0.306 e. The van der Waals surface area contributed by atoms with Crippen molar-refractivity contribution in [3.05, 3.63) is 24.3 Å². The molecule has 0 rings (SSSR count). The summed E-state index contributed by atoms with van der Waals surface area (Å²) < 4.78 is 34.2. The summed E-state index contributed by atoms with van der Waals surface area (Å²) in [6, 6.07) is 0. The first kappa shape index (κ1) is 69.5. The lowest BCUT2D eigenvalue weighted by Crippen LogP contribution is -2.37. The Hall–Kier alpha value is -1.51. The maximum atomic E-state index is 12.8. The third-order valence-corrected chi connectivity index (χ3v) is 14.7. The van der Waals surface area contributed by atoms with Gasteiger partial charge in [-0.1, -0.05) is 269 Å². The van der Waals surface area contributed by atoms with Gasteiger partial charge in [0.25, 0.3) is 7.82 Å². The molecule has 420 valence electrons. The largest absolute Gasteiger partial charge is 0.756 e. The van der Waals surface area contributed by atoms with Gasteiger partial charge in [-0.15, -0.1) is 0 Å². The number of nitrogens with zero attached hydrogens (tertiary/aromatic N) is 1. The van der Waals surface area contributed by atoms with E-state index in [0.717, 1.165) is 44.9 Å².